The Labute approximate surface area is 94.2 Å². The van der Waals surface area contributed by atoms with Gasteiger partial charge in [-0.15, -0.1) is 0 Å². The standard InChI is InChI=1S/C12H16BrN/c13-8-4-10-14-9-3-6-11-5-1-2-7-12(11)14/h1-2,5,7H,3-4,6,8-10H2. The maximum atomic E-state index is 3.49. The molecule has 14 heavy (non-hydrogen) atoms. The molecule has 0 aliphatic carbocycles. The van der Waals surface area contributed by atoms with Crippen molar-refractivity contribution in [2.75, 3.05) is 23.3 Å². The van der Waals surface area contributed by atoms with E-state index in [1.165, 1.54) is 43.6 Å². The van der Waals surface area contributed by atoms with Crippen molar-refractivity contribution in [2.45, 2.75) is 19.3 Å². The first-order valence-electron chi connectivity index (χ1n) is 5.30. The summed E-state index contributed by atoms with van der Waals surface area (Å²) in [5, 5.41) is 1.10. The summed E-state index contributed by atoms with van der Waals surface area (Å²) < 4.78 is 0. The van der Waals surface area contributed by atoms with E-state index in [1.807, 2.05) is 0 Å². The molecule has 0 aromatic heterocycles. The highest BCUT2D eigenvalue weighted by Gasteiger charge is 2.14. The van der Waals surface area contributed by atoms with E-state index in [9.17, 15) is 0 Å². The van der Waals surface area contributed by atoms with Crippen molar-refractivity contribution in [1.82, 2.24) is 0 Å². The van der Waals surface area contributed by atoms with Crippen molar-refractivity contribution >= 4 is 21.6 Å². The number of rotatable bonds is 3. The fraction of sp³-hybridized carbons (Fsp3) is 0.500. The summed E-state index contributed by atoms with van der Waals surface area (Å²) in [7, 11) is 0. The Kier molecular flexibility index (Phi) is 3.46. The summed E-state index contributed by atoms with van der Waals surface area (Å²) in [6, 6.07) is 8.80. The molecule has 0 spiro atoms. The molecular weight excluding hydrogens is 238 g/mol. The molecule has 76 valence electrons. The van der Waals surface area contributed by atoms with Gasteiger partial charge in [-0.25, -0.2) is 0 Å². The largest absolute Gasteiger partial charge is 0.371 e. The van der Waals surface area contributed by atoms with E-state index in [1.54, 1.807) is 0 Å². The Bertz CT molecular complexity index is 298. The first kappa shape index (κ1) is 10.0. The van der Waals surface area contributed by atoms with Gasteiger partial charge in [0.1, 0.15) is 0 Å². The minimum Gasteiger partial charge on any atom is -0.371 e. The Hall–Kier alpha value is -0.500. The molecule has 2 heteroatoms. The first-order chi connectivity index (χ1) is 6.92. The van der Waals surface area contributed by atoms with Crippen molar-refractivity contribution in [3.05, 3.63) is 29.8 Å². The average Bonchev–Trinajstić information content (AvgIpc) is 2.26. The number of nitrogens with zero attached hydrogens (tertiary/aromatic N) is 1. The van der Waals surface area contributed by atoms with Gasteiger partial charge >= 0.3 is 0 Å². The van der Waals surface area contributed by atoms with Crippen LogP contribution in [-0.4, -0.2) is 18.4 Å². The van der Waals surface area contributed by atoms with E-state index in [-0.39, 0.29) is 0 Å². The Morgan fingerprint density at radius 2 is 2.14 bits per heavy atom. The molecule has 1 aliphatic rings. The predicted molar refractivity (Wildman–Crippen MR) is 65.4 cm³/mol. The van der Waals surface area contributed by atoms with Gasteiger partial charge < -0.3 is 4.90 Å². The SMILES string of the molecule is BrCCCN1CCCc2ccccc21. The van der Waals surface area contributed by atoms with Crippen molar-refractivity contribution in [1.29, 1.82) is 0 Å². The van der Waals surface area contributed by atoms with Crippen LogP contribution in [0.1, 0.15) is 18.4 Å². The lowest BCUT2D eigenvalue weighted by molar-refractivity contribution is 0.684. The van der Waals surface area contributed by atoms with Crippen LogP contribution in [0, 0.1) is 0 Å². The third-order valence-corrected chi connectivity index (χ3v) is 3.33. The van der Waals surface area contributed by atoms with Crippen LogP contribution < -0.4 is 4.90 Å². The number of hydrogen-bond acceptors (Lipinski definition) is 1. The molecule has 0 saturated carbocycles. The minimum atomic E-state index is 1.10. The summed E-state index contributed by atoms with van der Waals surface area (Å²) in [4.78, 5) is 2.51. The van der Waals surface area contributed by atoms with E-state index >= 15 is 0 Å². The second kappa shape index (κ2) is 4.83. The third kappa shape index (κ3) is 2.11. The van der Waals surface area contributed by atoms with Gasteiger partial charge in [-0.05, 0) is 30.9 Å². The normalized spacial score (nSPS) is 15.4. The number of halogens is 1. The van der Waals surface area contributed by atoms with E-state index in [0.29, 0.717) is 0 Å². The molecule has 1 aliphatic heterocycles. The van der Waals surface area contributed by atoms with Crippen molar-refractivity contribution in [3.8, 4) is 0 Å². The van der Waals surface area contributed by atoms with Gasteiger partial charge in [0, 0.05) is 24.1 Å². The number of fused-ring (bicyclic) bond motifs is 1. The molecule has 0 bridgehead atoms. The fourth-order valence-electron chi connectivity index (χ4n) is 2.09. The number of anilines is 1. The maximum absolute atomic E-state index is 3.49. The molecular formula is C12H16BrN. The molecule has 0 unspecified atom stereocenters. The molecule has 0 amide bonds. The zero-order valence-corrected chi connectivity index (χ0v) is 9.96. The van der Waals surface area contributed by atoms with Gasteiger partial charge in [-0.3, -0.25) is 0 Å². The lowest BCUT2D eigenvalue weighted by Gasteiger charge is -2.31. The Balaban J connectivity index is 2.14. The monoisotopic (exact) mass is 253 g/mol. The Morgan fingerprint density at radius 1 is 1.29 bits per heavy atom. The maximum Gasteiger partial charge on any atom is 0.0398 e. The zero-order valence-electron chi connectivity index (χ0n) is 8.38. The summed E-state index contributed by atoms with van der Waals surface area (Å²) in [5.41, 5.74) is 2.98. The van der Waals surface area contributed by atoms with Crippen LogP contribution >= 0.6 is 15.9 Å². The summed E-state index contributed by atoms with van der Waals surface area (Å²) in [6.07, 6.45) is 3.79. The molecule has 2 rings (SSSR count). The molecule has 1 nitrogen and oxygen atoms in total. The van der Waals surface area contributed by atoms with Crippen LogP contribution in [0.15, 0.2) is 24.3 Å². The van der Waals surface area contributed by atoms with E-state index < -0.39 is 0 Å². The Morgan fingerprint density at radius 3 is 3.00 bits per heavy atom. The van der Waals surface area contributed by atoms with E-state index in [4.69, 9.17) is 0 Å². The van der Waals surface area contributed by atoms with E-state index in [2.05, 4.69) is 45.1 Å². The number of para-hydroxylation sites is 1. The lowest BCUT2D eigenvalue weighted by atomic mass is 10.0. The van der Waals surface area contributed by atoms with Crippen LogP contribution in [-0.2, 0) is 6.42 Å². The van der Waals surface area contributed by atoms with Crippen LogP contribution in [0.4, 0.5) is 5.69 Å². The zero-order chi connectivity index (χ0) is 9.80. The summed E-state index contributed by atoms with van der Waals surface area (Å²) >= 11 is 3.49. The quantitative estimate of drug-likeness (QED) is 0.748. The average molecular weight is 254 g/mol. The summed E-state index contributed by atoms with van der Waals surface area (Å²) in [6.45, 7) is 2.41. The molecule has 0 saturated heterocycles. The first-order valence-corrected chi connectivity index (χ1v) is 6.43. The van der Waals surface area contributed by atoms with Gasteiger partial charge in [0.25, 0.3) is 0 Å². The smallest absolute Gasteiger partial charge is 0.0398 e. The van der Waals surface area contributed by atoms with Crippen molar-refractivity contribution in [2.24, 2.45) is 0 Å². The van der Waals surface area contributed by atoms with Gasteiger partial charge in [0.15, 0.2) is 0 Å². The second-order valence-corrected chi connectivity index (χ2v) is 4.55. The highest BCUT2D eigenvalue weighted by atomic mass is 79.9. The number of hydrogen-bond donors (Lipinski definition) is 0. The summed E-state index contributed by atoms with van der Waals surface area (Å²) in [5.74, 6) is 0. The van der Waals surface area contributed by atoms with Crippen LogP contribution in [0.3, 0.4) is 0 Å². The van der Waals surface area contributed by atoms with Crippen molar-refractivity contribution < 1.29 is 0 Å². The van der Waals surface area contributed by atoms with Crippen LogP contribution in [0.5, 0.6) is 0 Å². The van der Waals surface area contributed by atoms with Gasteiger partial charge in [-0.2, -0.15) is 0 Å². The minimum absolute atomic E-state index is 1.10. The van der Waals surface area contributed by atoms with Crippen LogP contribution in [0.2, 0.25) is 0 Å². The molecule has 1 heterocycles. The second-order valence-electron chi connectivity index (χ2n) is 3.76. The highest BCUT2D eigenvalue weighted by molar-refractivity contribution is 9.09. The van der Waals surface area contributed by atoms with E-state index in [0.717, 1.165) is 5.33 Å². The van der Waals surface area contributed by atoms with Crippen LogP contribution in [0.25, 0.3) is 0 Å². The highest BCUT2D eigenvalue weighted by Crippen LogP contribution is 2.26. The molecule has 0 fully saturated rings. The van der Waals surface area contributed by atoms with Crippen molar-refractivity contribution in [3.63, 3.8) is 0 Å². The van der Waals surface area contributed by atoms with Gasteiger partial charge in [0.05, 0.1) is 0 Å². The van der Waals surface area contributed by atoms with Gasteiger partial charge in [-0.1, -0.05) is 34.1 Å². The predicted octanol–water partition coefficient (Wildman–Crippen LogP) is 3.22. The molecule has 1 aromatic carbocycles. The van der Waals surface area contributed by atoms with Gasteiger partial charge in [0.2, 0.25) is 0 Å². The fourth-order valence-corrected chi connectivity index (χ4v) is 2.35. The molecule has 0 radical (unpaired) electrons. The topological polar surface area (TPSA) is 3.24 Å². The number of alkyl halides is 1. The third-order valence-electron chi connectivity index (χ3n) is 2.77. The lowest BCUT2D eigenvalue weighted by Crippen LogP contribution is -2.30. The number of benzene rings is 1. The molecule has 0 N–H and O–H groups in total. The molecule has 1 aromatic rings. The number of aryl methyl sites for hydroxylation is 1. The molecule has 0 atom stereocenters.